The number of benzene rings is 1. The predicted molar refractivity (Wildman–Crippen MR) is 125 cm³/mol. The van der Waals surface area contributed by atoms with Crippen molar-refractivity contribution >= 4 is 21.6 Å². The average molecular weight is 478 g/mol. The van der Waals surface area contributed by atoms with Crippen molar-refractivity contribution in [3.05, 3.63) is 46.5 Å². The molecule has 0 atom stereocenters. The van der Waals surface area contributed by atoms with Crippen molar-refractivity contribution in [2.75, 3.05) is 44.1 Å². The number of esters is 1. The molecule has 33 heavy (non-hydrogen) atoms. The number of hydrogen-bond acceptors (Lipinski definition) is 8. The molecule has 2 fully saturated rings. The molecule has 2 aliphatic rings. The summed E-state index contributed by atoms with van der Waals surface area (Å²) >= 11 is 0. The summed E-state index contributed by atoms with van der Waals surface area (Å²) in [6.45, 7) is 8.83. The van der Waals surface area contributed by atoms with Crippen LogP contribution in [0.4, 0.5) is 5.82 Å². The molecular weight excluding hydrogens is 446 g/mol. The summed E-state index contributed by atoms with van der Waals surface area (Å²) in [7, 11) is -3.34. The lowest BCUT2D eigenvalue weighted by Gasteiger charge is -2.55. The SMILES string of the molecule is CC.CCOC(=O)CCc1cn(-c2ccc(S(C)(=O)=O)cc2)c(=O)c(N2CC3(COC3)C2)n1. The molecule has 1 aromatic carbocycles. The Kier molecular flexibility index (Phi) is 7.58. The van der Waals surface area contributed by atoms with Crippen LogP contribution in [0.1, 0.15) is 32.9 Å². The van der Waals surface area contributed by atoms with E-state index < -0.39 is 9.84 Å². The number of aryl methyl sites for hydroxylation is 1. The van der Waals surface area contributed by atoms with Crippen molar-refractivity contribution in [1.82, 2.24) is 9.55 Å². The topological polar surface area (TPSA) is 108 Å². The third-order valence-corrected chi connectivity index (χ3v) is 6.67. The first-order chi connectivity index (χ1) is 15.7. The summed E-state index contributed by atoms with van der Waals surface area (Å²) in [6.07, 6.45) is 3.22. The molecule has 0 saturated carbocycles. The van der Waals surface area contributed by atoms with E-state index in [0.717, 1.165) is 6.26 Å². The second kappa shape index (κ2) is 10.0. The molecule has 0 bridgehead atoms. The lowest BCUT2D eigenvalue weighted by atomic mass is 9.78. The summed E-state index contributed by atoms with van der Waals surface area (Å²) in [5, 5.41) is 0. The van der Waals surface area contributed by atoms with Gasteiger partial charge in [-0.15, -0.1) is 0 Å². The molecule has 0 amide bonds. The third-order valence-electron chi connectivity index (χ3n) is 5.54. The third kappa shape index (κ3) is 5.44. The number of sulfone groups is 1. The number of hydrogen-bond donors (Lipinski definition) is 0. The number of carbonyl (C=O) groups is 1. The van der Waals surface area contributed by atoms with Crippen molar-refractivity contribution in [3.8, 4) is 5.69 Å². The fraction of sp³-hybridized carbons (Fsp3) is 0.522. The highest BCUT2D eigenvalue weighted by atomic mass is 32.2. The molecular formula is C23H31N3O6S. The van der Waals surface area contributed by atoms with Gasteiger partial charge in [-0.3, -0.25) is 14.2 Å². The fourth-order valence-electron chi connectivity index (χ4n) is 3.85. The van der Waals surface area contributed by atoms with Crippen LogP contribution in [0.5, 0.6) is 0 Å². The Morgan fingerprint density at radius 2 is 1.82 bits per heavy atom. The summed E-state index contributed by atoms with van der Waals surface area (Å²) in [6, 6.07) is 6.13. The Hall–Kier alpha value is -2.72. The number of anilines is 1. The molecule has 0 N–H and O–H groups in total. The van der Waals surface area contributed by atoms with Gasteiger partial charge in [0.2, 0.25) is 0 Å². The Balaban J connectivity index is 0.00000149. The van der Waals surface area contributed by atoms with Crippen molar-refractivity contribution in [2.45, 2.75) is 38.5 Å². The molecule has 2 aliphatic heterocycles. The normalized spacial score (nSPS) is 16.3. The first-order valence-electron chi connectivity index (χ1n) is 11.1. The maximum atomic E-state index is 13.2. The molecule has 180 valence electrons. The molecule has 0 aliphatic carbocycles. The van der Waals surface area contributed by atoms with E-state index in [2.05, 4.69) is 4.98 Å². The molecule has 2 aromatic rings. The zero-order valence-electron chi connectivity index (χ0n) is 19.5. The van der Waals surface area contributed by atoms with Gasteiger partial charge < -0.3 is 14.4 Å². The number of aromatic nitrogens is 2. The Morgan fingerprint density at radius 1 is 1.18 bits per heavy atom. The van der Waals surface area contributed by atoms with Crippen LogP contribution in [0.25, 0.3) is 5.69 Å². The monoisotopic (exact) mass is 477 g/mol. The van der Waals surface area contributed by atoms with Gasteiger partial charge in [-0.05, 0) is 31.2 Å². The van der Waals surface area contributed by atoms with Crippen LogP contribution in [-0.2, 0) is 30.5 Å². The standard InChI is InChI=1S/C21H25N3O6S.C2H6/c1-3-30-18(25)9-4-15-10-24(16-5-7-17(8-6-16)31(2,27)28)20(26)19(22-15)23-11-21(12-23)13-29-14-21;1-2/h5-8,10H,3-4,9,11-14H2,1-2H3;1-2H3. The highest BCUT2D eigenvalue weighted by Crippen LogP contribution is 2.38. The minimum Gasteiger partial charge on any atom is -0.466 e. The van der Waals surface area contributed by atoms with E-state index in [1.807, 2.05) is 18.7 Å². The van der Waals surface area contributed by atoms with Crippen LogP contribution < -0.4 is 10.5 Å². The zero-order chi connectivity index (χ0) is 24.2. The summed E-state index contributed by atoms with van der Waals surface area (Å²) < 4.78 is 35.3. The first-order valence-corrected chi connectivity index (χ1v) is 13.0. The highest BCUT2D eigenvalue weighted by molar-refractivity contribution is 7.90. The maximum absolute atomic E-state index is 13.2. The summed E-state index contributed by atoms with van der Waals surface area (Å²) in [5.41, 5.74) is 0.931. The molecule has 10 heteroatoms. The lowest BCUT2D eigenvalue weighted by Crippen LogP contribution is -2.67. The van der Waals surface area contributed by atoms with E-state index in [1.54, 1.807) is 25.3 Å². The van der Waals surface area contributed by atoms with Gasteiger partial charge in [-0.2, -0.15) is 0 Å². The zero-order valence-corrected chi connectivity index (χ0v) is 20.4. The smallest absolute Gasteiger partial charge is 0.306 e. The Bertz CT molecular complexity index is 1150. The van der Waals surface area contributed by atoms with E-state index in [1.165, 1.54) is 16.7 Å². The Morgan fingerprint density at radius 3 is 2.33 bits per heavy atom. The quantitative estimate of drug-likeness (QED) is 0.557. The lowest BCUT2D eigenvalue weighted by molar-refractivity contribution is -0.143. The van der Waals surface area contributed by atoms with Crippen LogP contribution in [0, 0.1) is 5.41 Å². The van der Waals surface area contributed by atoms with Gasteiger partial charge in [-0.1, -0.05) is 13.8 Å². The molecule has 9 nitrogen and oxygen atoms in total. The van der Waals surface area contributed by atoms with E-state index >= 15 is 0 Å². The van der Waals surface area contributed by atoms with E-state index in [0.29, 0.717) is 56.5 Å². The van der Waals surface area contributed by atoms with Crippen molar-refractivity contribution in [2.24, 2.45) is 5.41 Å². The van der Waals surface area contributed by atoms with Gasteiger partial charge in [-0.25, -0.2) is 13.4 Å². The van der Waals surface area contributed by atoms with Gasteiger partial charge in [0.15, 0.2) is 15.7 Å². The number of nitrogens with zero attached hydrogens (tertiary/aromatic N) is 3. The largest absolute Gasteiger partial charge is 0.466 e. The van der Waals surface area contributed by atoms with Gasteiger partial charge in [0.25, 0.3) is 5.56 Å². The minimum atomic E-state index is -3.34. The minimum absolute atomic E-state index is 0.108. The van der Waals surface area contributed by atoms with Crippen LogP contribution in [0.2, 0.25) is 0 Å². The van der Waals surface area contributed by atoms with Gasteiger partial charge >= 0.3 is 5.97 Å². The van der Waals surface area contributed by atoms with Crippen LogP contribution >= 0.6 is 0 Å². The van der Waals surface area contributed by atoms with Crippen molar-refractivity contribution < 1.29 is 22.7 Å². The average Bonchev–Trinajstić information content (AvgIpc) is 2.73. The van der Waals surface area contributed by atoms with Crippen LogP contribution in [-0.4, -0.2) is 63.1 Å². The van der Waals surface area contributed by atoms with Crippen LogP contribution in [0.3, 0.4) is 0 Å². The Labute approximate surface area is 194 Å². The second-order valence-corrected chi connectivity index (χ2v) is 10.2. The van der Waals surface area contributed by atoms with Gasteiger partial charge in [0.05, 0.1) is 42.2 Å². The number of carbonyl (C=O) groups excluding carboxylic acids is 1. The van der Waals surface area contributed by atoms with E-state index in [9.17, 15) is 18.0 Å². The predicted octanol–water partition coefficient (Wildman–Crippen LogP) is 1.99. The van der Waals surface area contributed by atoms with Crippen molar-refractivity contribution in [1.29, 1.82) is 0 Å². The van der Waals surface area contributed by atoms with Crippen molar-refractivity contribution in [3.63, 3.8) is 0 Å². The van der Waals surface area contributed by atoms with Gasteiger partial charge in [0, 0.05) is 37.7 Å². The summed E-state index contributed by atoms with van der Waals surface area (Å²) in [4.78, 5) is 31.6. The number of rotatable bonds is 7. The summed E-state index contributed by atoms with van der Waals surface area (Å²) in [5.74, 6) is 0.00157. The first kappa shape index (κ1) is 24.9. The molecule has 1 spiro atoms. The van der Waals surface area contributed by atoms with Gasteiger partial charge in [0.1, 0.15) is 0 Å². The highest BCUT2D eigenvalue weighted by Gasteiger charge is 2.50. The molecule has 0 unspecified atom stereocenters. The van der Waals surface area contributed by atoms with E-state index in [-0.39, 0.29) is 28.3 Å². The number of ether oxygens (including phenoxy) is 2. The molecule has 2 saturated heterocycles. The van der Waals surface area contributed by atoms with E-state index in [4.69, 9.17) is 9.47 Å². The maximum Gasteiger partial charge on any atom is 0.306 e. The molecule has 0 radical (unpaired) electrons. The molecule has 3 heterocycles. The fourth-order valence-corrected chi connectivity index (χ4v) is 4.48. The molecule has 4 rings (SSSR count). The van der Waals surface area contributed by atoms with Crippen LogP contribution in [0.15, 0.2) is 40.2 Å². The molecule has 1 aromatic heterocycles. The second-order valence-electron chi connectivity index (χ2n) is 8.15.